The standard InChI is InChI=1S/C25H27N3O2/c1-2-15-28(18-20-13-11-19(17-26)12-14-20)25(30)22-9-6-10-23(16-22)27-24(29)21-7-4-3-5-8-21/h2,6,9-14,16,21H,1,3-5,7-8,15,18H2,(H,27,29). The van der Waals surface area contributed by atoms with Crippen LogP contribution < -0.4 is 5.32 Å². The third-order valence-electron chi connectivity index (χ3n) is 5.45. The molecule has 0 bridgehead atoms. The molecule has 5 heteroatoms. The Balaban J connectivity index is 1.71. The van der Waals surface area contributed by atoms with Gasteiger partial charge in [-0.1, -0.05) is 43.5 Å². The quantitative estimate of drug-likeness (QED) is 0.670. The summed E-state index contributed by atoms with van der Waals surface area (Å²) >= 11 is 0. The summed E-state index contributed by atoms with van der Waals surface area (Å²) in [4.78, 5) is 27.3. The number of nitriles is 1. The van der Waals surface area contributed by atoms with E-state index >= 15 is 0 Å². The smallest absolute Gasteiger partial charge is 0.254 e. The second-order valence-corrected chi connectivity index (χ2v) is 7.69. The van der Waals surface area contributed by atoms with Crippen molar-refractivity contribution in [2.24, 2.45) is 5.92 Å². The number of carbonyl (C=O) groups excluding carboxylic acids is 2. The van der Waals surface area contributed by atoms with Crippen molar-refractivity contribution in [2.75, 3.05) is 11.9 Å². The second kappa shape index (κ2) is 10.4. The summed E-state index contributed by atoms with van der Waals surface area (Å²) in [6, 6.07) is 16.4. The first-order valence-corrected chi connectivity index (χ1v) is 10.4. The number of rotatable bonds is 7. The molecule has 1 fully saturated rings. The lowest BCUT2D eigenvalue weighted by atomic mass is 9.88. The first-order valence-electron chi connectivity index (χ1n) is 10.4. The number of carbonyl (C=O) groups is 2. The predicted octanol–water partition coefficient (Wildman–Crippen LogP) is 4.91. The number of nitrogens with one attached hydrogen (secondary N) is 1. The third kappa shape index (κ3) is 5.57. The third-order valence-corrected chi connectivity index (χ3v) is 5.45. The number of amides is 2. The average molecular weight is 402 g/mol. The van der Waals surface area contributed by atoms with Crippen molar-refractivity contribution in [2.45, 2.75) is 38.6 Å². The first kappa shape index (κ1) is 21.3. The van der Waals surface area contributed by atoms with Gasteiger partial charge in [-0.15, -0.1) is 6.58 Å². The molecule has 1 N–H and O–H groups in total. The maximum Gasteiger partial charge on any atom is 0.254 e. The van der Waals surface area contributed by atoms with Crippen LogP contribution in [0.3, 0.4) is 0 Å². The maximum absolute atomic E-state index is 13.1. The zero-order chi connectivity index (χ0) is 21.3. The summed E-state index contributed by atoms with van der Waals surface area (Å²) in [5.74, 6) is -0.0281. The van der Waals surface area contributed by atoms with E-state index in [4.69, 9.17) is 5.26 Å². The lowest BCUT2D eigenvalue weighted by Crippen LogP contribution is -2.31. The van der Waals surface area contributed by atoms with Gasteiger partial charge in [0.05, 0.1) is 11.6 Å². The summed E-state index contributed by atoms with van der Waals surface area (Å²) < 4.78 is 0. The number of hydrogen-bond donors (Lipinski definition) is 1. The van der Waals surface area contributed by atoms with Gasteiger partial charge in [0.1, 0.15) is 0 Å². The van der Waals surface area contributed by atoms with Crippen LogP contribution >= 0.6 is 0 Å². The molecule has 2 aromatic rings. The van der Waals surface area contributed by atoms with Crippen LogP contribution in [0.15, 0.2) is 61.2 Å². The van der Waals surface area contributed by atoms with E-state index in [2.05, 4.69) is 18.0 Å². The topological polar surface area (TPSA) is 73.2 Å². The van der Waals surface area contributed by atoms with Crippen molar-refractivity contribution in [1.82, 2.24) is 4.90 Å². The predicted molar refractivity (Wildman–Crippen MR) is 118 cm³/mol. The van der Waals surface area contributed by atoms with Crippen LogP contribution in [0.1, 0.15) is 53.6 Å². The van der Waals surface area contributed by atoms with Crippen LogP contribution in [0.5, 0.6) is 0 Å². The fourth-order valence-corrected chi connectivity index (χ4v) is 3.80. The van der Waals surface area contributed by atoms with Gasteiger partial charge in [0.2, 0.25) is 5.91 Å². The monoisotopic (exact) mass is 401 g/mol. The number of benzene rings is 2. The van der Waals surface area contributed by atoms with E-state index in [0.29, 0.717) is 29.9 Å². The van der Waals surface area contributed by atoms with E-state index in [1.165, 1.54) is 6.42 Å². The molecule has 1 saturated carbocycles. The minimum atomic E-state index is -0.131. The fourth-order valence-electron chi connectivity index (χ4n) is 3.80. The summed E-state index contributed by atoms with van der Waals surface area (Å²) in [7, 11) is 0. The molecular weight excluding hydrogens is 374 g/mol. The molecule has 2 aromatic carbocycles. The highest BCUT2D eigenvalue weighted by molar-refractivity contribution is 5.97. The Kier molecular flexibility index (Phi) is 7.40. The van der Waals surface area contributed by atoms with Crippen molar-refractivity contribution >= 4 is 17.5 Å². The molecule has 1 aliphatic carbocycles. The summed E-state index contributed by atoms with van der Waals surface area (Å²) in [6.45, 7) is 4.57. The minimum absolute atomic E-state index is 0.0415. The molecule has 5 nitrogen and oxygen atoms in total. The molecule has 3 rings (SSSR count). The van der Waals surface area contributed by atoms with Gasteiger partial charge in [-0.2, -0.15) is 5.26 Å². The normalized spacial score (nSPS) is 13.8. The molecular formula is C25H27N3O2. The largest absolute Gasteiger partial charge is 0.331 e. The van der Waals surface area contributed by atoms with Gasteiger partial charge >= 0.3 is 0 Å². The van der Waals surface area contributed by atoms with Crippen molar-refractivity contribution in [3.63, 3.8) is 0 Å². The van der Waals surface area contributed by atoms with Crippen LogP contribution in [0.25, 0.3) is 0 Å². The van der Waals surface area contributed by atoms with Crippen LogP contribution in [-0.2, 0) is 11.3 Å². The summed E-state index contributed by atoms with van der Waals surface area (Å²) in [5.41, 5.74) is 2.69. The SMILES string of the molecule is C=CCN(Cc1ccc(C#N)cc1)C(=O)c1cccc(NC(=O)C2CCCCC2)c1. The van der Waals surface area contributed by atoms with E-state index in [9.17, 15) is 9.59 Å². The molecule has 2 amide bonds. The van der Waals surface area contributed by atoms with E-state index in [1.54, 1.807) is 41.3 Å². The Bertz CT molecular complexity index is 938. The number of hydrogen-bond acceptors (Lipinski definition) is 3. The van der Waals surface area contributed by atoms with Gasteiger partial charge in [0, 0.05) is 30.3 Å². The zero-order valence-corrected chi connectivity index (χ0v) is 17.1. The average Bonchev–Trinajstić information content (AvgIpc) is 2.79. The molecule has 30 heavy (non-hydrogen) atoms. The van der Waals surface area contributed by atoms with Crippen molar-refractivity contribution < 1.29 is 9.59 Å². The second-order valence-electron chi connectivity index (χ2n) is 7.69. The van der Waals surface area contributed by atoms with E-state index < -0.39 is 0 Å². The Morgan fingerprint density at radius 1 is 1.13 bits per heavy atom. The van der Waals surface area contributed by atoms with Gasteiger partial charge in [-0.3, -0.25) is 9.59 Å². The van der Waals surface area contributed by atoms with Crippen LogP contribution in [0, 0.1) is 17.2 Å². The highest BCUT2D eigenvalue weighted by atomic mass is 16.2. The summed E-state index contributed by atoms with van der Waals surface area (Å²) in [5, 5.41) is 11.9. The lowest BCUT2D eigenvalue weighted by Gasteiger charge is -2.22. The Morgan fingerprint density at radius 2 is 1.87 bits per heavy atom. The molecule has 0 radical (unpaired) electrons. The zero-order valence-electron chi connectivity index (χ0n) is 17.1. The first-order chi connectivity index (χ1) is 14.6. The molecule has 0 spiro atoms. The van der Waals surface area contributed by atoms with Crippen LogP contribution in [0.2, 0.25) is 0 Å². The molecule has 1 aliphatic rings. The number of nitrogens with zero attached hydrogens (tertiary/aromatic N) is 2. The number of anilines is 1. The van der Waals surface area contributed by atoms with E-state index in [1.807, 2.05) is 18.2 Å². The van der Waals surface area contributed by atoms with Gasteiger partial charge in [0.15, 0.2) is 0 Å². The Labute approximate surface area is 178 Å². The van der Waals surface area contributed by atoms with Gasteiger partial charge in [0.25, 0.3) is 5.91 Å². The summed E-state index contributed by atoms with van der Waals surface area (Å²) in [6.07, 6.45) is 6.96. The molecule has 154 valence electrons. The molecule has 0 unspecified atom stereocenters. The van der Waals surface area contributed by atoms with Crippen molar-refractivity contribution in [3.8, 4) is 6.07 Å². The minimum Gasteiger partial charge on any atom is -0.331 e. The molecule has 0 atom stereocenters. The molecule has 0 aliphatic heterocycles. The van der Waals surface area contributed by atoms with E-state index in [0.717, 1.165) is 31.2 Å². The van der Waals surface area contributed by atoms with Crippen LogP contribution in [0.4, 0.5) is 5.69 Å². The highest BCUT2D eigenvalue weighted by Crippen LogP contribution is 2.25. The van der Waals surface area contributed by atoms with Crippen molar-refractivity contribution in [1.29, 1.82) is 5.26 Å². The highest BCUT2D eigenvalue weighted by Gasteiger charge is 2.22. The van der Waals surface area contributed by atoms with Crippen LogP contribution in [-0.4, -0.2) is 23.3 Å². The Hall–Kier alpha value is -3.39. The van der Waals surface area contributed by atoms with E-state index in [-0.39, 0.29) is 17.7 Å². The van der Waals surface area contributed by atoms with Gasteiger partial charge < -0.3 is 10.2 Å². The maximum atomic E-state index is 13.1. The van der Waals surface area contributed by atoms with Crippen molar-refractivity contribution in [3.05, 3.63) is 77.9 Å². The molecule has 0 heterocycles. The molecule has 0 saturated heterocycles. The van der Waals surface area contributed by atoms with Gasteiger partial charge in [-0.25, -0.2) is 0 Å². The lowest BCUT2D eigenvalue weighted by molar-refractivity contribution is -0.120. The Morgan fingerprint density at radius 3 is 2.53 bits per heavy atom. The molecule has 0 aromatic heterocycles. The fraction of sp³-hybridized carbons (Fsp3) is 0.320. The van der Waals surface area contributed by atoms with Gasteiger partial charge in [-0.05, 0) is 48.7 Å².